The number of benzene rings is 1. The first-order chi connectivity index (χ1) is 9.61. The van der Waals surface area contributed by atoms with Crippen LogP contribution in [0.5, 0.6) is 0 Å². The Kier molecular flexibility index (Phi) is 4.53. The summed E-state index contributed by atoms with van der Waals surface area (Å²) in [6.07, 6.45) is 0.741. The fourth-order valence-electron chi connectivity index (χ4n) is 2.21. The number of nitrogens with zero attached hydrogens (tertiary/aromatic N) is 1. The van der Waals surface area contributed by atoms with E-state index in [1.54, 1.807) is 6.07 Å². The molecule has 0 aliphatic carbocycles. The van der Waals surface area contributed by atoms with Crippen LogP contribution in [0.25, 0.3) is 0 Å². The predicted octanol–water partition coefficient (Wildman–Crippen LogP) is 3.39. The third kappa shape index (κ3) is 3.24. The van der Waals surface area contributed by atoms with Crippen molar-refractivity contribution in [2.75, 3.05) is 6.54 Å². The van der Waals surface area contributed by atoms with Crippen molar-refractivity contribution in [2.45, 2.75) is 26.3 Å². The van der Waals surface area contributed by atoms with Gasteiger partial charge in [-0.25, -0.2) is 0 Å². The lowest BCUT2D eigenvalue weighted by molar-refractivity contribution is -0.402. The van der Waals surface area contributed by atoms with E-state index in [0.29, 0.717) is 5.76 Å². The number of hydrogen-bond acceptors (Lipinski definition) is 4. The molecule has 1 atom stereocenters. The lowest BCUT2D eigenvalue weighted by Crippen LogP contribution is -2.22. The third-order valence-electron chi connectivity index (χ3n) is 3.27. The Morgan fingerprint density at radius 3 is 2.65 bits per heavy atom. The molecule has 5 nitrogen and oxygen atoms in total. The average molecular weight is 274 g/mol. The van der Waals surface area contributed by atoms with E-state index >= 15 is 0 Å². The standard InChI is InChI=1S/C15H18N2O3/c1-3-16-13(10-12-7-5-4-6-11(12)2)14-8-9-15(20-14)17(18)19/h4-9,13,16H,3,10H2,1-2H3. The first-order valence-electron chi connectivity index (χ1n) is 6.63. The molecule has 0 saturated heterocycles. The Hall–Kier alpha value is -2.14. The van der Waals surface area contributed by atoms with E-state index in [0.717, 1.165) is 13.0 Å². The van der Waals surface area contributed by atoms with Gasteiger partial charge in [-0.05, 0) is 37.1 Å². The molecule has 5 heteroatoms. The number of furan rings is 1. The van der Waals surface area contributed by atoms with Crippen molar-refractivity contribution in [3.63, 3.8) is 0 Å². The molecule has 0 amide bonds. The summed E-state index contributed by atoms with van der Waals surface area (Å²) in [6, 6.07) is 11.1. The van der Waals surface area contributed by atoms with Gasteiger partial charge in [0.1, 0.15) is 10.7 Å². The van der Waals surface area contributed by atoms with Crippen LogP contribution in [0.1, 0.15) is 29.9 Å². The van der Waals surface area contributed by atoms with Crippen LogP contribution in [0.2, 0.25) is 0 Å². The summed E-state index contributed by atoms with van der Waals surface area (Å²) in [5.74, 6) is 0.384. The Balaban J connectivity index is 2.22. The van der Waals surface area contributed by atoms with Crippen molar-refractivity contribution in [3.8, 4) is 0 Å². The zero-order valence-corrected chi connectivity index (χ0v) is 11.6. The lowest BCUT2D eigenvalue weighted by Gasteiger charge is -2.16. The second-order valence-electron chi connectivity index (χ2n) is 4.67. The van der Waals surface area contributed by atoms with Gasteiger partial charge in [-0.1, -0.05) is 31.2 Å². The summed E-state index contributed by atoms with van der Waals surface area (Å²) in [7, 11) is 0. The van der Waals surface area contributed by atoms with E-state index < -0.39 is 4.92 Å². The molecule has 0 saturated carbocycles. The number of rotatable bonds is 6. The Labute approximate surface area is 117 Å². The molecule has 20 heavy (non-hydrogen) atoms. The maximum absolute atomic E-state index is 10.7. The molecule has 0 fully saturated rings. The molecule has 1 aromatic carbocycles. The van der Waals surface area contributed by atoms with Gasteiger partial charge >= 0.3 is 5.88 Å². The smallest absolute Gasteiger partial charge is 0.404 e. The van der Waals surface area contributed by atoms with E-state index in [4.69, 9.17) is 4.42 Å². The van der Waals surface area contributed by atoms with Crippen LogP contribution in [0.4, 0.5) is 5.88 Å². The second-order valence-corrected chi connectivity index (χ2v) is 4.67. The molecule has 106 valence electrons. The molecule has 0 spiro atoms. The van der Waals surface area contributed by atoms with Crippen LogP contribution in [0.15, 0.2) is 40.8 Å². The van der Waals surface area contributed by atoms with Gasteiger partial charge < -0.3 is 9.73 Å². The Morgan fingerprint density at radius 2 is 2.05 bits per heavy atom. The van der Waals surface area contributed by atoms with Gasteiger partial charge in [0.05, 0.1) is 12.1 Å². The van der Waals surface area contributed by atoms with Crippen molar-refractivity contribution in [3.05, 3.63) is 63.4 Å². The largest absolute Gasteiger partial charge is 0.433 e. The van der Waals surface area contributed by atoms with Crippen LogP contribution in [0.3, 0.4) is 0 Å². The fraction of sp³-hybridized carbons (Fsp3) is 0.333. The van der Waals surface area contributed by atoms with Crippen LogP contribution in [-0.4, -0.2) is 11.5 Å². The zero-order valence-electron chi connectivity index (χ0n) is 11.6. The zero-order chi connectivity index (χ0) is 14.5. The Bertz CT molecular complexity index is 592. The maximum Gasteiger partial charge on any atom is 0.433 e. The van der Waals surface area contributed by atoms with Crippen LogP contribution >= 0.6 is 0 Å². The fourth-order valence-corrected chi connectivity index (χ4v) is 2.21. The molecule has 0 bridgehead atoms. The first kappa shape index (κ1) is 14.3. The monoisotopic (exact) mass is 274 g/mol. The van der Waals surface area contributed by atoms with E-state index in [1.807, 2.05) is 19.1 Å². The van der Waals surface area contributed by atoms with Crippen LogP contribution < -0.4 is 5.32 Å². The second kappa shape index (κ2) is 6.34. The number of likely N-dealkylation sites (N-methyl/N-ethyl adjacent to an activating group) is 1. The van der Waals surface area contributed by atoms with Gasteiger partial charge in [-0.15, -0.1) is 0 Å². The number of nitrogens with one attached hydrogen (secondary N) is 1. The Morgan fingerprint density at radius 1 is 1.30 bits per heavy atom. The highest BCUT2D eigenvalue weighted by molar-refractivity contribution is 5.28. The van der Waals surface area contributed by atoms with Crippen molar-refractivity contribution < 1.29 is 9.34 Å². The quantitative estimate of drug-likeness (QED) is 0.647. The minimum Gasteiger partial charge on any atom is -0.404 e. The molecule has 0 aliphatic rings. The molecule has 2 aromatic rings. The van der Waals surface area contributed by atoms with Crippen LogP contribution in [-0.2, 0) is 6.42 Å². The van der Waals surface area contributed by atoms with Gasteiger partial charge in [0, 0.05) is 0 Å². The van der Waals surface area contributed by atoms with Crippen molar-refractivity contribution in [1.82, 2.24) is 5.32 Å². The molecule has 1 unspecified atom stereocenters. The average Bonchev–Trinajstić information content (AvgIpc) is 2.90. The summed E-state index contributed by atoms with van der Waals surface area (Å²) in [5, 5.41) is 14.0. The number of aryl methyl sites for hydroxylation is 1. The van der Waals surface area contributed by atoms with E-state index in [1.165, 1.54) is 17.2 Å². The first-order valence-corrected chi connectivity index (χ1v) is 6.63. The summed E-state index contributed by atoms with van der Waals surface area (Å²) >= 11 is 0. The van der Waals surface area contributed by atoms with Gasteiger partial charge in [-0.3, -0.25) is 10.1 Å². The molecular formula is C15H18N2O3. The summed E-state index contributed by atoms with van der Waals surface area (Å²) in [5.41, 5.74) is 2.41. The van der Waals surface area contributed by atoms with Crippen LogP contribution in [0, 0.1) is 17.0 Å². The minimum absolute atomic E-state index is 0.0604. The highest BCUT2D eigenvalue weighted by Crippen LogP contribution is 2.25. The van der Waals surface area contributed by atoms with Gasteiger partial charge in [0.2, 0.25) is 0 Å². The number of nitro groups is 1. The summed E-state index contributed by atoms with van der Waals surface area (Å²) in [4.78, 5) is 10.2. The summed E-state index contributed by atoms with van der Waals surface area (Å²) < 4.78 is 5.31. The topological polar surface area (TPSA) is 68.3 Å². The molecule has 0 radical (unpaired) electrons. The number of hydrogen-bond donors (Lipinski definition) is 1. The predicted molar refractivity (Wildman–Crippen MR) is 76.7 cm³/mol. The van der Waals surface area contributed by atoms with Gasteiger partial charge in [-0.2, -0.15) is 0 Å². The normalized spacial score (nSPS) is 12.3. The van der Waals surface area contributed by atoms with Crippen molar-refractivity contribution >= 4 is 5.88 Å². The molecule has 1 heterocycles. The highest BCUT2D eigenvalue weighted by Gasteiger charge is 2.20. The minimum atomic E-state index is -0.514. The molecule has 0 aliphatic heterocycles. The summed E-state index contributed by atoms with van der Waals surface area (Å²) in [6.45, 7) is 4.83. The van der Waals surface area contributed by atoms with E-state index in [2.05, 4.69) is 24.4 Å². The molecular weight excluding hydrogens is 256 g/mol. The van der Waals surface area contributed by atoms with Crippen molar-refractivity contribution in [1.29, 1.82) is 0 Å². The lowest BCUT2D eigenvalue weighted by atomic mass is 10.00. The van der Waals surface area contributed by atoms with Gasteiger partial charge in [0.25, 0.3) is 0 Å². The third-order valence-corrected chi connectivity index (χ3v) is 3.27. The molecule has 1 aromatic heterocycles. The van der Waals surface area contributed by atoms with Gasteiger partial charge in [0.15, 0.2) is 0 Å². The molecule has 2 rings (SSSR count). The van der Waals surface area contributed by atoms with E-state index in [-0.39, 0.29) is 11.9 Å². The highest BCUT2D eigenvalue weighted by atomic mass is 16.6. The SMILES string of the molecule is CCNC(Cc1ccccc1C)c1ccc([N+](=O)[O-])o1. The maximum atomic E-state index is 10.7. The van der Waals surface area contributed by atoms with Crippen molar-refractivity contribution in [2.24, 2.45) is 0 Å². The van der Waals surface area contributed by atoms with E-state index in [9.17, 15) is 10.1 Å². The molecule has 1 N–H and O–H groups in total.